The lowest BCUT2D eigenvalue weighted by Gasteiger charge is -2.13. The second-order valence-electron chi connectivity index (χ2n) is 3.80. The monoisotopic (exact) mass is 317 g/mol. The van der Waals surface area contributed by atoms with Crippen molar-refractivity contribution in [3.05, 3.63) is 22.2 Å². The summed E-state index contributed by atoms with van der Waals surface area (Å²) in [6.45, 7) is 4.29. The minimum Gasteiger partial charge on any atom is -0.492 e. The third kappa shape index (κ3) is 4.48. The first-order valence-electron chi connectivity index (χ1n) is 6.03. The molecule has 0 radical (unpaired) electrons. The molecule has 0 amide bonds. The molecule has 0 saturated heterocycles. The lowest BCUT2D eigenvalue weighted by Crippen LogP contribution is -2.15. The molecule has 0 spiro atoms. The highest BCUT2D eigenvalue weighted by Crippen LogP contribution is 2.36. The molecule has 0 atom stereocenters. The predicted octanol–water partition coefficient (Wildman–Crippen LogP) is 2.33. The first-order valence-corrected chi connectivity index (χ1v) is 6.83. The quantitative estimate of drug-likeness (QED) is 0.723. The molecule has 0 bridgehead atoms. The van der Waals surface area contributed by atoms with Crippen molar-refractivity contribution in [2.24, 2.45) is 0 Å². The Labute approximate surface area is 116 Å². The average molecular weight is 318 g/mol. The van der Waals surface area contributed by atoms with Gasteiger partial charge in [0.15, 0.2) is 11.5 Å². The van der Waals surface area contributed by atoms with Gasteiger partial charge in [-0.3, -0.25) is 0 Å². The van der Waals surface area contributed by atoms with Crippen molar-refractivity contribution in [3.8, 4) is 11.5 Å². The maximum Gasteiger partial charge on any atom is 0.174 e. The Hall–Kier alpha value is -0.780. The molecule has 4 nitrogen and oxygen atoms in total. The van der Waals surface area contributed by atoms with Gasteiger partial charge in [0, 0.05) is 13.2 Å². The zero-order valence-corrected chi connectivity index (χ0v) is 12.4. The molecule has 0 aliphatic carbocycles. The van der Waals surface area contributed by atoms with E-state index < -0.39 is 0 Å². The summed E-state index contributed by atoms with van der Waals surface area (Å²) in [4.78, 5) is 0. The summed E-state index contributed by atoms with van der Waals surface area (Å²) in [5.74, 6) is 1.46. The molecule has 0 unspecified atom stereocenters. The zero-order valence-electron chi connectivity index (χ0n) is 10.8. The van der Waals surface area contributed by atoms with Crippen LogP contribution in [0.15, 0.2) is 16.6 Å². The number of hydrogen-bond acceptors (Lipinski definition) is 4. The minimum absolute atomic E-state index is 0.212. The van der Waals surface area contributed by atoms with Gasteiger partial charge >= 0.3 is 0 Å². The molecule has 2 N–H and O–H groups in total. The van der Waals surface area contributed by atoms with Crippen LogP contribution in [0.2, 0.25) is 0 Å². The van der Waals surface area contributed by atoms with Gasteiger partial charge in [0.1, 0.15) is 0 Å². The van der Waals surface area contributed by atoms with Crippen LogP contribution < -0.4 is 14.8 Å². The zero-order chi connectivity index (χ0) is 13.4. The van der Waals surface area contributed by atoms with Crippen LogP contribution in [0, 0.1) is 0 Å². The Bertz CT molecular complexity index is 371. The molecule has 1 aromatic rings. The van der Waals surface area contributed by atoms with E-state index in [0.29, 0.717) is 6.61 Å². The molecule has 102 valence electrons. The number of rotatable bonds is 8. The largest absolute Gasteiger partial charge is 0.492 e. The van der Waals surface area contributed by atoms with E-state index in [0.717, 1.165) is 41.0 Å². The first-order chi connectivity index (χ1) is 8.72. The topological polar surface area (TPSA) is 50.7 Å². The van der Waals surface area contributed by atoms with E-state index in [1.807, 2.05) is 19.1 Å². The number of methoxy groups -OCH3 is 1. The number of halogens is 1. The lowest BCUT2D eigenvalue weighted by molar-refractivity contribution is 0.286. The Morgan fingerprint density at radius 3 is 2.78 bits per heavy atom. The minimum atomic E-state index is 0.212. The third-order valence-electron chi connectivity index (χ3n) is 2.41. The van der Waals surface area contributed by atoms with E-state index >= 15 is 0 Å². The average Bonchev–Trinajstić information content (AvgIpc) is 2.35. The SMILES string of the molecule is CCOc1cc(CNCCCO)cc(Br)c1OC. The summed E-state index contributed by atoms with van der Waals surface area (Å²) in [5, 5.41) is 12.0. The number of nitrogens with one attached hydrogen (secondary N) is 1. The molecule has 0 aliphatic rings. The fraction of sp³-hybridized carbons (Fsp3) is 0.538. The fourth-order valence-electron chi connectivity index (χ4n) is 1.62. The smallest absolute Gasteiger partial charge is 0.174 e. The highest BCUT2D eigenvalue weighted by molar-refractivity contribution is 9.10. The summed E-state index contributed by atoms with van der Waals surface area (Å²) in [6, 6.07) is 3.98. The van der Waals surface area contributed by atoms with Crippen molar-refractivity contribution in [1.29, 1.82) is 0 Å². The van der Waals surface area contributed by atoms with Crippen molar-refractivity contribution in [1.82, 2.24) is 5.32 Å². The Morgan fingerprint density at radius 2 is 2.17 bits per heavy atom. The number of hydrogen-bond donors (Lipinski definition) is 2. The molecule has 0 heterocycles. The van der Waals surface area contributed by atoms with E-state index in [2.05, 4.69) is 21.2 Å². The lowest BCUT2D eigenvalue weighted by atomic mass is 10.2. The molecule has 0 saturated carbocycles. The Kier molecular flexibility index (Phi) is 7.08. The van der Waals surface area contributed by atoms with Gasteiger partial charge in [-0.1, -0.05) is 0 Å². The Balaban J connectivity index is 2.74. The van der Waals surface area contributed by atoms with E-state index in [9.17, 15) is 0 Å². The summed E-state index contributed by atoms with van der Waals surface area (Å²) >= 11 is 3.48. The molecule has 1 rings (SSSR count). The molecule has 0 aliphatic heterocycles. The Morgan fingerprint density at radius 1 is 1.39 bits per heavy atom. The molecule has 1 aromatic carbocycles. The summed E-state index contributed by atoms with van der Waals surface area (Å²) < 4.78 is 11.7. The van der Waals surface area contributed by atoms with Crippen LogP contribution in [-0.2, 0) is 6.54 Å². The van der Waals surface area contributed by atoms with Gasteiger partial charge in [0.25, 0.3) is 0 Å². The molecule has 5 heteroatoms. The van der Waals surface area contributed by atoms with Gasteiger partial charge in [0.05, 0.1) is 18.2 Å². The molecular formula is C13H20BrNO3. The van der Waals surface area contributed by atoms with Gasteiger partial charge in [-0.15, -0.1) is 0 Å². The third-order valence-corrected chi connectivity index (χ3v) is 3.00. The molecule has 0 aromatic heterocycles. The van der Waals surface area contributed by atoms with Gasteiger partial charge in [0.2, 0.25) is 0 Å². The maximum absolute atomic E-state index is 8.71. The predicted molar refractivity (Wildman–Crippen MR) is 75.3 cm³/mol. The highest BCUT2D eigenvalue weighted by atomic mass is 79.9. The van der Waals surface area contributed by atoms with Crippen molar-refractivity contribution in [3.63, 3.8) is 0 Å². The van der Waals surface area contributed by atoms with Crippen LogP contribution >= 0.6 is 15.9 Å². The van der Waals surface area contributed by atoms with Crippen LogP contribution in [0.5, 0.6) is 11.5 Å². The standard InChI is InChI=1S/C13H20BrNO3/c1-3-18-12-8-10(9-15-5-4-6-16)7-11(14)13(12)17-2/h7-8,15-16H,3-6,9H2,1-2H3. The van der Waals surface area contributed by atoms with E-state index in [1.165, 1.54) is 0 Å². The molecule has 18 heavy (non-hydrogen) atoms. The van der Waals surface area contributed by atoms with Gasteiger partial charge < -0.3 is 19.9 Å². The van der Waals surface area contributed by atoms with Crippen LogP contribution in [0.4, 0.5) is 0 Å². The second-order valence-corrected chi connectivity index (χ2v) is 4.65. The van der Waals surface area contributed by atoms with Crippen molar-refractivity contribution >= 4 is 15.9 Å². The second kappa shape index (κ2) is 8.34. The normalized spacial score (nSPS) is 10.4. The van der Waals surface area contributed by atoms with Gasteiger partial charge in [-0.2, -0.15) is 0 Å². The van der Waals surface area contributed by atoms with Crippen molar-refractivity contribution < 1.29 is 14.6 Å². The summed E-state index contributed by atoms with van der Waals surface area (Å²) in [7, 11) is 1.63. The number of aliphatic hydroxyl groups excluding tert-OH is 1. The fourth-order valence-corrected chi connectivity index (χ4v) is 2.27. The van der Waals surface area contributed by atoms with Crippen LogP contribution in [0.25, 0.3) is 0 Å². The van der Waals surface area contributed by atoms with Crippen molar-refractivity contribution in [2.45, 2.75) is 19.9 Å². The number of ether oxygens (including phenoxy) is 2. The van der Waals surface area contributed by atoms with Gasteiger partial charge in [-0.25, -0.2) is 0 Å². The van der Waals surface area contributed by atoms with Crippen molar-refractivity contribution in [2.75, 3.05) is 26.9 Å². The number of aliphatic hydroxyl groups is 1. The van der Waals surface area contributed by atoms with Crippen LogP contribution in [0.1, 0.15) is 18.9 Å². The summed E-state index contributed by atoms with van der Waals surface area (Å²) in [6.07, 6.45) is 0.760. The molecular weight excluding hydrogens is 298 g/mol. The highest BCUT2D eigenvalue weighted by Gasteiger charge is 2.10. The first kappa shape index (κ1) is 15.3. The van der Waals surface area contributed by atoms with Crippen LogP contribution in [-0.4, -0.2) is 32.0 Å². The van der Waals surface area contributed by atoms with E-state index in [1.54, 1.807) is 7.11 Å². The number of benzene rings is 1. The van der Waals surface area contributed by atoms with E-state index in [4.69, 9.17) is 14.6 Å². The van der Waals surface area contributed by atoms with Gasteiger partial charge in [-0.05, 0) is 53.5 Å². The maximum atomic E-state index is 8.71. The summed E-state index contributed by atoms with van der Waals surface area (Å²) in [5.41, 5.74) is 1.11. The van der Waals surface area contributed by atoms with E-state index in [-0.39, 0.29) is 6.61 Å². The van der Waals surface area contributed by atoms with Crippen LogP contribution in [0.3, 0.4) is 0 Å². The molecule has 0 fully saturated rings.